The third-order valence-corrected chi connectivity index (χ3v) is 47.0. The van der Waals surface area contributed by atoms with E-state index in [-0.39, 0.29) is 0 Å². The molecule has 5 aliphatic heterocycles. The number of fused-ring (bicyclic) bond motifs is 20. The Bertz CT molecular complexity index is 4700. The Kier molecular flexibility index (Phi) is 18.9. The molecule has 0 spiro atoms. The van der Waals surface area contributed by atoms with Crippen LogP contribution in [0.3, 0.4) is 0 Å². The van der Waals surface area contributed by atoms with Crippen LogP contribution in [0.15, 0.2) is 166 Å². The summed E-state index contributed by atoms with van der Waals surface area (Å²) in [6.07, 6.45) is 0. The van der Waals surface area contributed by atoms with Gasteiger partial charge in [0.2, 0.25) is 4.99 Å². The number of amidine groups is 7. The monoisotopic (exact) mass is 1450 g/mol. The first-order valence-corrected chi connectivity index (χ1v) is 58.5. The molecule has 0 radical (unpaired) electrons. The van der Waals surface area contributed by atoms with E-state index in [0.29, 0.717) is 29.2 Å². The largest absolute Gasteiger partial charge is 0.543 e. The number of hydrogen-bond acceptors (Lipinski definition) is 14. The molecule has 13 rings (SSSR count). The smallest absolute Gasteiger partial charge is 0.250 e. The summed E-state index contributed by atoms with van der Waals surface area (Å²) in [7, 11) is -12.2. The summed E-state index contributed by atoms with van der Waals surface area (Å²) < 4.78 is 18.7. The van der Waals surface area contributed by atoms with Crippen LogP contribution < -0.4 is 8.85 Å². The average Bonchev–Trinajstić information content (AvgIpc) is 1.52. The molecular weight excluding hydrogens is 1350 g/mol. The maximum absolute atomic E-state index is 8.15. The lowest BCUT2D eigenvalue weighted by atomic mass is 9.97. The average molecular weight is 1450 g/mol. The van der Waals surface area contributed by atoms with Gasteiger partial charge in [-0.1, -0.05) is 217 Å². The van der Waals surface area contributed by atoms with E-state index in [1.54, 1.807) is 0 Å². The van der Waals surface area contributed by atoms with Crippen molar-refractivity contribution in [3.05, 3.63) is 166 Å². The third-order valence-electron chi connectivity index (χ3n) is 19.1. The number of hydrogen-bond donors (Lipinski definition) is 0. The standard InChI is InChI=1S/C76H94N8O2S4Si6/c1-19-95(20-2,21-3)85-65-53-37-29-30-38-54(53)66(86-96(22-4,23-5)24-6)62-61(65)72-79-73-63-64(68(88-46-92(10,11)12)56-40-32-31-39-55(56)67(63)87-45-91(7,8)9)76(83-73,89-47-93(13,14)15)82-71-58-42-50-34-26-25-33-49(50)41-57(58)69(78-71)77-70-59-43-51-35-27-28-36-52(51)44-60(59)74(80-70)84(75(62)81-72)90-48-94(16,17)18/h25-44H,19-24,45-48H2,1-18H3. The van der Waals surface area contributed by atoms with Gasteiger partial charge in [0, 0.05) is 59.3 Å². The van der Waals surface area contributed by atoms with Crippen LogP contribution in [0.4, 0.5) is 0 Å². The summed E-state index contributed by atoms with van der Waals surface area (Å²) >= 11 is 7.68. The second kappa shape index (κ2) is 26.3. The van der Waals surface area contributed by atoms with Crippen molar-refractivity contribution in [1.82, 2.24) is 4.31 Å². The van der Waals surface area contributed by atoms with Crippen molar-refractivity contribution in [1.29, 1.82) is 0 Å². The van der Waals surface area contributed by atoms with Gasteiger partial charge < -0.3 is 8.85 Å². The van der Waals surface area contributed by atoms with Crippen LogP contribution in [0.5, 0.6) is 11.5 Å². The van der Waals surface area contributed by atoms with Crippen molar-refractivity contribution < 1.29 is 8.85 Å². The highest BCUT2D eigenvalue weighted by atomic mass is 32.2. The first-order valence-electron chi connectivity index (χ1n) is 34.7. The van der Waals surface area contributed by atoms with Crippen LogP contribution in [0.25, 0.3) is 43.1 Å². The summed E-state index contributed by atoms with van der Waals surface area (Å²) in [5.74, 6) is 6.17. The van der Waals surface area contributed by atoms with Gasteiger partial charge in [0.1, 0.15) is 11.5 Å². The fourth-order valence-corrected chi connectivity index (χ4v) is 30.4. The van der Waals surface area contributed by atoms with Crippen molar-refractivity contribution in [2.75, 3.05) is 21.5 Å². The Morgan fingerprint density at radius 3 is 1.26 bits per heavy atom. The topological polar surface area (TPSA) is 108 Å². The van der Waals surface area contributed by atoms with Crippen molar-refractivity contribution in [3.8, 4) is 11.5 Å². The second-order valence-corrected chi connectivity index (χ2v) is 68.8. The summed E-state index contributed by atoms with van der Waals surface area (Å²) in [4.78, 5) is 44.0. The summed E-state index contributed by atoms with van der Waals surface area (Å²) in [6.45, 7) is 43.7. The van der Waals surface area contributed by atoms with Gasteiger partial charge in [-0.3, -0.25) is 4.31 Å². The zero-order valence-electron chi connectivity index (χ0n) is 59.6. The van der Waals surface area contributed by atoms with Crippen molar-refractivity contribution in [2.45, 2.75) is 171 Å². The molecule has 1 atom stereocenters. The number of rotatable bonds is 22. The summed E-state index contributed by atoms with van der Waals surface area (Å²) in [5.41, 5.74) is 7.70. The van der Waals surface area contributed by atoms with Crippen LogP contribution in [0.1, 0.15) is 86.1 Å². The normalized spacial score (nSPS) is 17.1. The molecule has 5 heterocycles. The molecule has 1 unspecified atom stereocenters. The number of thioether (sulfide) groups is 3. The van der Waals surface area contributed by atoms with Gasteiger partial charge >= 0.3 is 0 Å². The zero-order chi connectivity index (χ0) is 68.1. The molecular formula is C76H94N8O2S4Si6. The first-order chi connectivity index (χ1) is 45.6. The minimum absolute atomic E-state index is 0.567. The Balaban J connectivity index is 1.27. The first kappa shape index (κ1) is 69.1. The molecule has 10 nitrogen and oxygen atoms in total. The Morgan fingerprint density at radius 2 is 0.760 bits per heavy atom. The zero-order valence-corrected chi connectivity index (χ0v) is 68.9. The number of benzene rings is 8. The minimum atomic E-state index is -2.50. The van der Waals surface area contributed by atoms with E-state index in [9.17, 15) is 0 Å². The second-order valence-electron chi connectivity index (χ2n) is 31.4. The van der Waals surface area contributed by atoms with Crippen LogP contribution in [-0.2, 0) is 4.99 Å². The molecule has 0 saturated heterocycles. The molecule has 0 aromatic heterocycles. The van der Waals surface area contributed by atoms with Gasteiger partial charge in [0.25, 0.3) is 16.6 Å². The van der Waals surface area contributed by atoms with E-state index in [1.807, 2.05) is 47.2 Å². The maximum Gasteiger partial charge on any atom is 0.250 e. The van der Waals surface area contributed by atoms with Gasteiger partial charge in [0.15, 0.2) is 40.8 Å². The van der Waals surface area contributed by atoms with E-state index in [2.05, 4.69) is 246 Å². The summed E-state index contributed by atoms with van der Waals surface area (Å²) in [6, 6.07) is 50.3. The van der Waals surface area contributed by atoms with Crippen molar-refractivity contribution >= 4 is 180 Å². The van der Waals surface area contributed by atoms with E-state index in [1.165, 1.54) is 20.6 Å². The van der Waals surface area contributed by atoms with E-state index >= 15 is 0 Å². The lowest BCUT2D eigenvalue weighted by molar-refractivity contribution is 0.525. The molecule has 8 bridgehead atoms. The maximum atomic E-state index is 8.15. The SMILES string of the molecule is CC[Si](CC)(CC)Oc1c2c(c(O[Si](CC)(CC)CC)c3ccccc13)C1=NC2=NC2=NC(SC[Si](C)(C)C)(N=C3N=C(N=C4N=C(c5cc6ccccc6cc54)N1SC[Si](C)(C)C)c1cc4ccccc4cc13)c1c2c(SC[Si](C)(C)C)c2ccccc2c1SC[Si](C)(C)C. The number of aliphatic imine (C=N–C) groups is 7. The Hall–Kier alpha value is -5.41. The molecule has 0 saturated carbocycles. The summed E-state index contributed by atoms with van der Waals surface area (Å²) in [5, 5.41) is 12.7. The highest BCUT2D eigenvalue weighted by Crippen LogP contribution is 2.58. The quantitative estimate of drug-likeness (QED) is 0.0378. The molecule has 5 aliphatic rings. The van der Waals surface area contributed by atoms with Gasteiger partial charge in [0.05, 0.1) is 43.4 Å². The highest BCUT2D eigenvalue weighted by Gasteiger charge is 2.50. The lowest BCUT2D eigenvalue weighted by Crippen LogP contribution is -2.41. The van der Waals surface area contributed by atoms with Crippen LogP contribution in [-0.4, -0.2) is 116 Å². The van der Waals surface area contributed by atoms with Gasteiger partial charge in [-0.2, -0.15) is 0 Å². The predicted octanol–water partition coefficient (Wildman–Crippen LogP) is 21.9. The molecule has 498 valence electrons. The van der Waals surface area contributed by atoms with Crippen LogP contribution in [0.2, 0.25) is 115 Å². The number of nitrogens with zero attached hydrogens (tertiary/aromatic N) is 8. The predicted molar refractivity (Wildman–Crippen MR) is 440 cm³/mol. The molecule has 0 aliphatic carbocycles. The molecule has 96 heavy (non-hydrogen) atoms. The van der Waals surface area contributed by atoms with E-state index < -0.39 is 53.9 Å². The fraction of sp³-hybridized carbons (Fsp3) is 0.382. The molecule has 8 aromatic rings. The van der Waals surface area contributed by atoms with Crippen molar-refractivity contribution in [3.63, 3.8) is 0 Å². The third kappa shape index (κ3) is 13.1. The van der Waals surface area contributed by atoms with E-state index in [4.69, 9.17) is 43.8 Å². The van der Waals surface area contributed by atoms with E-state index in [0.717, 1.165) is 158 Å². The molecule has 8 aromatic carbocycles. The molecule has 0 fully saturated rings. The lowest BCUT2D eigenvalue weighted by Gasteiger charge is -2.35. The van der Waals surface area contributed by atoms with Gasteiger partial charge in [-0.25, -0.2) is 34.9 Å². The Labute approximate surface area is 593 Å². The minimum Gasteiger partial charge on any atom is -0.543 e. The Morgan fingerprint density at radius 1 is 0.375 bits per heavy atom. The van der Waals surface area contributed by atoms with Crippen molar-refractivity contribution in [2.24, 2.45) is 34.9 Å². The van der Waals surface area contributed by atoms with Crippen LogP contribution >= 0.6 is 47.2 Å². The molecule has 0 amide bonds. The van der Waals surface area contributed by atoms with Gasteiger partial charge in [-0.15, -0.1) is 35.3 Å². The van der Waals surface area contributed by atoms with Crippen LogP contribution in [0, 0.1) is 0 Å². The molecule has 20 heteroatoms. The molecule has 0 N–H and O–H groups in total. The highest BCUT2D eigenvalue weighted by molar-refractivity contribution is 8.03. The van der Waals surface area contributed by atoms with Gasteiger partial charge in [-0.05, 0) is 121 Å². The fourth-order valence-electron chi connectivity index (χ4n) is 13.4.